The molecule has 9 nitrogen and oxygen atoms in total. The van der Waals surface area contributed by atoms with E-state index >= 15 is 0 Å². The molecule has 0 saturated carbocycles. The minimum absolute atomic E-state index is 0.0601. The fourth-order valence-corrected chi connectivity index (χ4v) is 6.78. The quantitative estimate of drug-likeness (QED) is 0.402. The Labute approximate surface area is 195 Å². The molecule has 0 amide bonds. The van der Waals surface area contributed by atoms with E-state index in [1.807, 2.05) is 19.1 Å². The molecule has 0 bridgehead atoms. The number of nitrogens with zero attached hydrogens (tertiary/aromatic N) is 3. The normalized spacial score (nSPS) is 14.9. The second-order valence-corrected chi connectivity index (χ2v) is 10.7. The van der Waals surface area contributed by atoms with Crippen molar-refractivity contribution in [2.24, 2.45) is 0 Å². The number of rotatable bonds is 5. The van der Waals surface area contributed by atoms with Gasteiger partial charge in [0.1, 0.15) is 11.2 Å². The van der Waals surface area contributed by atoms with Crippen molar-refractivity contribution in [3.05, 3.63) is 68.4 Å². The Kier molecular flexibility index (Phi) is 5.40. The van der Waals surface area contributed by atoms with Gasteiger partial charge in [-0.1, -0.05) is 18.2 Å². The molecule has 1 aliphatic rings. The van der Waals surface area contributed by atoms with Gasteiger partial charge in [-0.15, -0.1) is 0 Å². The summed E-state index contributed by atoms with van der Waals surface area (Å²) in [6, 6.07) is 8.77. The second-order valence-electron chi connectivity index (χ2n) is 7.43. The monoisotopic (exact) mass is 535 g/mol. The number of nitrogens with one attached hydrogen (secondary N) is 2. The number of anilines is 1. The van der Waals surface area contributed by atoms with Crippen LogP contribution in [0.25, 0.3) is 11.1 Å². The van der Waals surface area contributed by atoms with Crippen molar-refractivity contribution in [2.45, 2.75) is 30.8 Å². The Morgan fingerprint density at radius 2 is 2.19 bits per heavy atom. The van der Waals surface area contributed by atoms with Crippen LogP contribution in [0, 0.1) is 0 Å². The molecule has 2 N–H and O–H groups in total. The van der Waals surface area contributed by atoms with Crippen molar-refractivity contribution in [1.29, 1.82) is 0 Å². The van der Waals surface area contributed by atoms with Crippen LogP contribution in [0.15, 0.2) is 55.2 Å². The first-order valence-electron chi connectivity index (χ1n) is 9.80. The summed E-state index contributed by atoms with van der Waals surface area (Å²) in [6.45, 7) is 3.61. The molecule has 2 aromatic heterocycles. The lowest BCUT2D eigenvalue weighted by molar-refractivity contribution is 0.486. The van der Waals surface area contributed by atoms with E-state index in [4.69, 9.17) is 4.42 Å². The van der Waals surface area contributed by atoms with E-state index in [0.29, 0.717) is 9.99 Å². The molecule has 2 aromatic carbocycles. The molecule has 0 fully saturated rings. The average Bonchev–Trinajstić information content (AvgIpc) is 3.38. The molecule has 0 radical (unpaired) electrons. The minimum atomic E-state index is -3.96. The van der Waals surface area contributed by atoms with E-state index < -0.39 is 15.8 Å². The third-order valence-corrected chi connectivity index (χ3v) is 8.57. The smallest absolute Gasteiger partial charge is 0.408 e. The highest BCUT2D eigenvalue weighted by molar-refractivity contribution is 9.10. The number of aromatic nitrogens is 3. The van der Waals surface area contributed by atoms with Crippen LogP contribution in [0.2, 0.25) is 0 Å². The van der Waals surface area contributed by atoms with Crippen molar-refractivity contribution in [3.63, 3.8) is 0 Å². The highest BCUT2D eigenvalue weighted by Gasteiger charge is 2.26. The summed E-state index contributed by atoms with van der Waals surface area (Å²) in [7, 11) is -3.96. The van der Waals surface area contributed by atoms with E-state index in [1.165, 1.54) is 23.5 Å². The maximum Gasteiger partial charge on any atom is 0.420 e. The van der Waals surface area contributed by atoms with Crippen molar-refractivity contribution >= 4 is 53.7 Å². The summed E-state index contributed by atoms with van der Waals surface area (Å²) < 4.78 is 39.2. The van der Waals surface area contributed by atoms with Crippen molar-refractivity contribution in [3.8, 4) is 0 Å². The van der Waals surface area contributed by atoms with Gasteiger partial charge >= 0.3 is 5.76 Å². The Morgan fingerprint density at radius 3 is 2.97 bits per heavy atom. The zero-order chi connectivity index (χ0) is 22.5. The summed E-state index contributed by atoms with van der Waals surface area (Å²) in [6.07, 6.45) is 2.20. The molecule has 32 heavy (non-hydrogen) atoms. The topological polar surface area (TPSA) is 119 Å². The zero-order valence-electron chi connectivity index (χ0n) is 16.8. The predicted octanol–water partition coefficient (Wildman–Crippen LogP) is 3.26. The van der Waals surface area contributed by atoms with Crippen LogP contribution in [0.3, 0.4) is 0 Å². The number of hydrogen-bond acceptors (Lipinski definition) is 8. The van der Waals surface area contributed by atoms with Crippen LogP contribution in [0.1, 0.15) is 29.7 Å². The van der Waals surface area contributed by atoms with Gasteiger partial charge in [0.05, 0.1) is 11.6 Å². The number of hydrogen-bond donors (Lipinski definition) is 2. The maximum absolute atomic E-state index is 12.8. The summed E-state index contributed by atoms with van der Waals surface area (Å²) in [5.41, 5.74) is 4.18. The molecule has 0 aliphatic carbocycles. The van der Waals surface area contributed by atoms with Crippen LogP contribution in [-0.4, -0.2) is 28.9 Å². The third-order valence-electron chi connectivity index (χ3n) is 5.56. The molecule has 1 unspecified atom stereocenters. The molecule has 12 heteroatoms. The maximum atomic E-state index is 12.8. The molecular weight excluding hydrogens is 518 g/mol. The molecule has 3 heterocycles. The summed E-state index contributed by atoms with van der Waals surface area (Å²) >= 11 is 4.27. The molecule has 4 aromatic rings. The molecule has 0 spiro atoms. The Balaban J connectivity index is 1.60. The van der Waals surface area contributed by atoms with Crippen LogP contribution in [0.4, 0.5) is 5.13 Å². The van der Waals surface area contributed by atoms with Crippen molar-refractivity contribution < 1.29 is 12.8 Å². The largest absolute Gasteiger partial charge is 0.420 e. The number of benzene rings is 2. The minimum Gasteiger partial charge on any atom is -0.408 e. The van der Waals surface area contributed by atoms with Crippen LogP contribution >= 0.6 is 27.5 Å². The van der Waals surface area contributed by atoms with Gasteiger partial charge in [0.2, 0.25) is 5.13 Å². The summed E-state index contributed by atoms with van der Waals surface area (Å²) in [5, 5.41) is 3.53. The van der Waals surface area contributed by atoms with E-state index in [1.54, 1.807) is 10.6 Å². The summed E-state index contributed by atoms with van der Waals surface area (Å²) in [5.74, 6) is -0.549. The summed E-state index contributed by atoms with van der Waals surface area (Å²) in [4.78, 5) is 16.6. The van der Waals surface area contributed by atoms with Gasteiger partial charge in [-0.2, -0.15) is 4.37 Å². The zero-order valence-corrected chi connectivity index (χ0v) is 20.1. The lowest BCUT2D eigenvalue weighted by Crippen LogP contribution is -2.27. The van der Waals surface area contributed by atoms with Gasteiger partial charge in [-0.3, -0.25) is 9.29 Å². The van der Waals surface area contributed by atoms with E-state index in [2.05, 4.69) is 41.4 Å². The molecule has 5 rings (SSSR count). The lowest BCUT2D eigenvalue weighted by Gasteiger charge is -2.24. The highest BCUT2D eigenvalue weighted by Crippen LogP contribution is 2.33. The second kappa shape index (κ2) is 8.10. The molecule has 1 aliphatic heterocycles. The number of sulfonamides is 1. The molecule has 166 valence electrons. The first kappa shape index (κ1) is 21.3. The lowest BCUT2D eigenvalue weighted by atomic mass is 9.92. The van der Waals surface area contributed by atoms with E-state index in [-0.39, 0.29) is 21.7 Å². The van der Waals surface area contributed by atoms with Gasteiger partial charge in [0.25, 0.3) is 10.0 Å². The van der Waals surface area contributed by atoms with Gasteiger partial charge in [-0.05, 0) is 58.6 Å². The van der Waals surface area contributed by atoms with E-state index in [0.717, 1.165) is 36.6 Å². The standard InChI is InChI=1S/C20H18BrN5O4S2/c1-11(13-4-2-3-12-5-6-22-9-14(12)13)26-16-7-15(21)18(8-17(16)30-20(26)27)32(28,29)25-19-23-10-24-31-19/h2-4,7-8,10-11,22H,5-6,9H2,1H3,(H,23,24,25). The Morgan fingerprint density at radius 1 is 1.34 bits per heavy atom. The number of halogens is 1. The van der Waals surface area contributed by atoms with Crippen molar-refractivity contribution in [1.82, 2.24) is 19.2 Å². The van der Waals surface area contributed by atoms with Crippen LogP contribution in [0.5, 0.6) is 0 Å². The number of oxazole rings is 1. The fourth-order valence-electron chi connectivity index (χ4n) is 4.07. The number of fused-ring (bicyclic) bond motifs is 2. The fraction of sp³-hybridized carbons (Fsp3) is 0.250. The molecule has 0 saturated heterocycles. The van der Waals surface area contributed by atoms with Gasteiger partial charge < -0.3 is 9.73 Å². The SMILES string of the molecule is CC(c1cccc2c1CNCC2)n1c(=O)oc2cc(S(=O)(=O)Nc3ncns3)c(Br)cc21. The average molecular weight is 536 g/mol. The highest BCUT2D eigenvalue weighted by atomic mass is 79.9. The van der Waals surface area contributed by atoms with Crippen LogP contribution < -0.4 is 15.8 Å². The molecule has 1 atom stereocenters. The van der Waals surface area contributed by atoms with Gasteiger partial charge in [0, 0.05) is 28.6 Å². The first-order valence-corrected chi connectivity index (χ1v) is 12.9. The van der Waals surface area contributed by atoms with Gasteiger partial charge in [-0.25, -0.2) is 18.2 Å². The predicted molar refractivity (Wildman–Crippen MR) is 125 cm³/mol. The molecular formula is C20H18BrN5O4S2. The first-order chi connectivity index (χ1) is 15.3. The van der Waals surface area contributed by atoms with E-state index in [9.17, 15) is 13.2 Å². The Bertz CT molecular complexity index is 1480. The Hall–Kier alpha value is -2.54. The van der Waals surface area contributed by atoms with Crippen molar-refractivity contribution in [2.75, 3.05) is 11.3 Å². The van der Waals surface area contributed by atoms with Crippen LogP contribution in [-0.2, 0) is 23.0 Å². The third kappa shape index (κ3) is 3.66. The van der Waals surface area contributed by atoms with Gasteiger partial charge in [0.15, 0.2) is 5.58 Å².